The minimum Gasteiger partial charge on any atom is -0.328 e. The van der Waals surface area contributed by atoms with Gasteiger partial charge in [-0.2, -0.15) is 0 Å². The third-order valence-corrected chi connectivity index (χ3v) is 2.54. The zero-order valence-electron chi connectivity index (χ0n) is 11.0. The van der Waals surface area contributed by atoms with E-state index in [2.05, 4.69) is 37.7 Å². The van der Waals surface area contributed by atoms with E-state index in [1.165, 1.54) is 32.5 Å². The van der Waals surface area contributed by atoms with Gasteiger partial charge in [0, 0.05) is 19.1 Å². The summed E-state index contributed by atoms with van der Waals surface area (Å²) in [6.07, 6.45) is 3.61. The van der Waals surface area contributed by atoms with Crippen LogP contribution in [0.3, 0.4) is 0 Å². The molecule has 92 valence electrons. The maximum atomic E-state index is 5.75. The molecule has 0 aliphatic heterocycles. The Morgan fingerprint density at radius 1 is 1.07 bits per heavy atom. The molecular formula is C12H29N3. The van der Waals surface area contributed by atoms with Crippen LogP contribution in [-0.4, -0.2) is 56.1 Å². The number of nitrogens with zero attached hydrogens (tertiary/aromatic N) is 2. The molecule has 0 aliphatic carbocycles. The topological polar surface area (TPSA) is 32.5 Å². The van der Waals surface area contributed by atoms with E-state index in [1.807, 2.05) is 0 Å². The van der Waals surface area contributed by atoms with E-state index < -0.39 is 0 Å². The molecule has 0 bridgehead atoms. The smallest absolute Gasteiger partial charge is 0.0109 e. The van der Waals surface area contributed by atoms with E-state index in [1.54, 1.807) is 0 Å². The Balaban J connectivity index is 3.62. The maximum Gasteiger partial charge on any atom is 0.0109 e. The van der Waals surface area contributed by atoms with Gasteiger partial charge < -0.3 is 15.5 Å². The van der Waals surface area contributed by atoms with Crippen molar-refractivity contribution in [1.29, 1.82) is 0 Å². The van der Waals surface area contributed by atoms with Crippen molar-refractivity contribution in [2.75, 3.05) is 40.3 Å². The van der Waals surface area contributed by atoms with Gasteiger partial charge in [-0.15, -0.1) is 0 Å². The molecule has 3 heteroatoms. The van der Waals surface area contributed by atoms with Gasteiger partial charge in [-0.3, -0.25) is 0 Å². The molecule has 0 rings (SSSR count). The molecule has 0 spiro atoms. The summed E-state index contributed by atoms with van der Waals surface area (Å²) in [6, 6.07) is 0.349. The van der Waals surface area contributed by atoms with Crippen molar-refractivity contribution in [1.82, 2.24) is 9.80 Å². The van der Waals surface area contributed by atoms with Crippen LogP contribution in [0.5, 0.6) is 0 Å². The van der Waals surface area contributed by atoms with Crippen LogP contribution in [0.1, 0.15) is 33.1 Å². The molecule has 3 nitrogen and oxygen atoms in total. The van der Waals surface area contributed by atoms with Crippen LogP contribution in [0, 0.1) is 0 Å². The fraction of sp³-hybridized carbons (Fsp3) is 1.00. The van der Waals surface area contributed by atoms with Gasteiger partial charge in [0.1, 0.15) is 0 Å². The second kappa shape index (κ2) is 9.13. The Hall–Kier alpha value is -0.120. The lowest BCUT2D eigenvalue weighted by Crippen LogP contribution is -2.33. The van der Waals surface area contributed by atoms with E-state index in [0.29, 0.717) is 6.04 Å². The fourth-order valence-electron chi connectivity index (χ4n) is 1.63. The normalized spacial score (nSPS) is 13.8. The van der Waals surface area contributed by atoms with Crippen LogP contribution in [0.4, 0.5) is 0 Å². The Bertz CT molecular complexity index is 135. The van der Waals surface area contributed by atoms with Crippen LogP contribution in [0.25, 0.3) is 0 Å². The number of nitrogens with two attached hydrogens (primary N) is 1. The highest BCUT2D eigenvalue weighted by molar-refractivity contribution is 4.61. The van der Waals surface area contributed by atoms with Crippen molar-refractivity contribution in [3.63, 3.8) is 0 Å². The SMILES string of the molecule is CCCN(CCCC(C)N)CCN(C)C. The first-order chi connectivity index (χ1) is 7.06. The molecule has 0 radical (unpaired) electrons. The molecule has 0 aromatic heterocycles. The first-order valence-electron chi connectivity index (χ1n) is 6.19. The molecule has 0 amide bonds. The van der Waals surface area contributed by atoms with Gasteiger partial charge in [0.15, 0.2) is 0 Å². The highest BCUT2D eigenvalue weighted by Gasteiger charge is 2.04. The van der Waals surface area contributed by atoms with Gasteiger partial charge >= 0.3 is 0 Å². The lowest BCUT2D eigenvalue weighted by Gasteiger charge is -2.23. The molecule has 0 saturated heterocycles. The highest BCUT2D eigenvalue weighted by Crippen LogP contribution is 1.99. The van der Waals surface area contributed by atoms with Gasteiger partial charge in [-0.05, 0) is 53.4 Å². The summed E-state index contributed by atoms with van der Waals surface area (Å²) < 4.78 is 0. The highest BCUT2D eigenvalue weighted by atomic mass is 15.2. The first kappa shape index (κ1) is 14.9. The average Bonchev–Trinajstić information content (AvgIpc) is 2.13. The number of likely N-dealkylation sites (N-methyl/N-ethyl adjacent to an activating group) is 1. The van der Waals surface area contributed by atoms with Crippen molar-refractivity contribution in [3.8, 4) is 0 Å². The predicted molar refractivity (Wildman–Crippen MR) is 68.2 cm³/mol. The van der Waals surface area contributed by atoms with Crippen molar-refractivity contribution >= 4 is 0 Å². The minimum absolute atomic E-state index is 0.349. The Kier molecular flexibility index (Phi) is 9.06. The van der Waals surface area contributed by atoms with Gasteiger partial charge in [0.05, 0.1) is 0 Å². The fourth-order valence-corrected chi connectivity index (χ4v) is 1.63. The number of hydrogen-bond donors (Lipinski definition) is 1. The summed E-state index contributed by atoms with van der Waals surface area (Å²) in [6.45, 7) is 9.08. The van der Waals surface area contributed by atoms with Crippen LogP contribution in [-0.2, 0) is 0 Å². The van der Waals surface area contributed by atoms with E-state index >= 15 is 0 Å². The zero-order chi connectivity index (χ0) is 11.7. The second-order valence-electron chi connectivity index (χ2n) is 4.76. The lowest BCUT2D eigenvalue weighted by atomic mass is 10.2. The summed E-state index contributed by atoms with van der Waals surface area (Å²) in [5.41, 5.74) is 5.75. The molecule has 1 unspecified atom stereocenters. The van der Waals surface area contributed by atoms with Gasteiger partial charge in [-0.25, -0.2) is 0 Å². The summed E-state index contributed by atoms with van der Waals surface area (Å²) in [5, 5.41) is 0. The molecule has 1 atom stereocenters. The number of hydrogen-bond acceptors (Lipinski definition) is 3. The monoisotopic (exact) mass is 215 g/mol. The van der Waals surface area contributed by atoms with E-state index in [0.717, 1.165) is 13.0 Å². The van der Waals surface area contributed by atoms with Crippen LogP contribution < -0.4 is 5.73 Å². The summed E-state index contributed by atoms with van der Waals surface area (Å²) in [4.78, 5) is 4.79. The second-order valence-corrected chi connectivity index (χ2v) is 4.76. The van der Waals surface area contributed by atoms with Gasteiger partial charge in [0.25, 0.3) is 0 Å². The summed E-state index contributed by atoms with van der Waals surface area (Å²) >= 11 is 0. The Labute approximate surface area is 95.6 Å². The lowest BCUT2D eigenvalue weighted by molar-refractivity contribution is 0.236. The van der Waals surface area contributed by atoms with Gasteiger partial charge in [0.2, 0.25) is 0 Å². The average molecular weight is 215 g/mol. The molecule has 0 aromatic carbocycles. The van der Waals surface area contributed by atoms with Crippen LogP contribution >= 0.6 is 0 Å². The van der Waals surface area contributed by atoms with Crippen LogP contribution in [0.2, 0.25) is 0 Å². The van der Waals surface area contributed by atoms with E-state index in [4.69, 9.17) is 5.73 Å². The summed E-state index contributed by atoms with van der Waals surface area (Å²) in [5.74, 6) is 0. The molecule has 0 fully saturated rings. The third-order valence-electron chi connectivity index (χ3n) is 2.54. The third kappa shape index (κ3) is 10.2. The standard InChI is InChI=1S/C12H29N3/c1-5-8-15(11-10-14(3)4)9-6-7-12(2)13/h12H,5-11,13H2,1-4H3. The van der Waals surface area contributed by atoms with E-state index in [9.17, 15) is 0 Å². The maximum absolute atomic E-state index is 5.75. The molecule has 0 heterocycles. The van der Waals surface area contributed by atoms with Crippen molar-refractivity contribution in [3.05, 3.63) is 0 Å². The summed E-state index contributed by atoms with van der Waals surface area (Å²) in [7, 11) is 4.26. The quantitative estimate of drug-likeness (QED) is 0.631. The molecule has 0 saturated carbocycles. The zero-order valence-corrected chi connectivity index (χ0v) is 11.0. The van der Waals surface area contributed by atoms with Crippen molar-refractivity contribution in [2.24, 2.45) is 5.73 Å². The molecule has 0 aromatic rings. The van der Waals surface area contributed by atoms with Crippen molar-refractivity contribution in [2.45, 2.75) is 39.2 Å². The van der Waals surface area contributed by atoms with Crippen LogP contribution in [0.15, 0.2) is 0 Å². The predicted octanol–water partition coefficient (Wildman–Crippen LogP) is 1.39. The molecule has 2 N–H and O–H groups in total. The largest absolute Gasteiger partial charge is 0.328 e. The van der Waals surface area contributed by atoms with Gasteiger partial charge in [-0.1, -0.05) is 6.92 Å². The Morgan fingerprint density at radius 3 is 2.20 bits per heavy atom. The first-order valence-corrected chi connectivity index (χ1v) is 6.19. The molecule has 0 aliphatic rings. The molecule has 15 heavy (non-hydrogen) atoms. The number of rotatable bonds is 9. The van der Waals surface area contributed by atoms with Crippen molar-refractivity contribution < 1.29 is 0 Å². The minimum atomic E-state index is 0.349. The molecular weight excluding hydrogens is 186 g/mol. The van der Waals surface area contributed by atoms with E-state index in [-0.39, 0.29) is 0 Å². The Morgan fingerprint density at radius 2 is 1.73 bits per heavy atom.